The first-order chi connectivity index (χ1) is 20.0. The van der Waals surface area contributed by atoms with Crippen molar-refractivity contribution < 1.29 is 28.5 Å². The maximum Gasteiger partial charge on any atom is 0.410 e. The van der Waals surface area contributed by atoms with Crippen molar-refractivity contribution in [2.45, 2.75) is 51.9 Å². The molecule has 1 fully saturated rings. The Morgan fingerprint density at radius 1 is 1.29 bits per heavy atom. The summed E-state index contributed by atoms with van der Waals surface area (Å²) in [6, 6.07) is 7.16. The second-order valence-corrected chi connectivity index (χ2v) is 11.8. The van der Waals surface area contributed by atoms with Crippen LogP contribution >= 0.6 is 11.6 Å². The highest BCUT2D eigenvalue weighted by Gasteiger charge is 2.32. The smallest absolute Gasteiger partial charge is 0.410 e. The number of amides is 2. The lowest BCUT2D eigenvalue weighted by molar-refractivity contribution is -0.0556. The minimum atomic E-state index is -0.587. The second kappa shape index (κ2) is 12.1. The molecule has 4 heterocycles. The second-order valence-electron chi connectivity index (χ2n) is 11.4. The average Bonchev–Trinajstić information content (AvgIpc) is 3.29. The molecule has 12 heteroatoms. The zero-order valence-corrected chi connectivity index (χ0v) is 25.1. The molecule has 0 saturated carbocycles. The highest BCUT2D eigenvalue weighted by molar-refractivity contribution is 6.32. The van der Waals surface area contributed by atoms with E-state index in [9.17, 15) is 9.59 Å². The molecule has 5 rings (SSSR count). The molecule has 0 radical (unpaired) electrons. The molecule has 224 valence electrons. The molecule has 2 aliphatic heterocycles. The van der Waals surface area contributed by atoms with Gasteiger partial charge in [0, 0.05) is 36.5 Å². The van der Waals surface area contributed by atoms with Crippen LogP contribution in [-0.4, -0.2) is 78.0 Å². The summed E-state index contributed by atoms with van der Waals surface area (Å²) in [6.45, 7) is 8.81. The zero-order valence-electron chi connectivity index (χ0n) is 24.4. The van der Waals surface area contributed by atoms with Crippen molar-refractivity contribution in [3.63, 3.8) is 0 Å². The Bertz CT molecular complexity index is 1470. The van der Waals surface area contributed by atoms with E-state index in [0.717, 1.165) is 5.69 Å². The Morgan fingerprint density at radius 2 is 2.10 bits per heavy atom. The maximum atomic E-state index is 13.2. The van der Waals surface area contributed by atoms with Crippen LogP contribution in [0.15, 0.2) is 36.7 Å². The number of rotatable bonds is 7. The summed E-state index contributed by atoms with van der Waals surface area (Å²) in [6.07, 6.45) is 3.16. The Morgan fingerprint density at radius 3 is 2.86 bits per heavy atom. The molecule has 3 N–H and O–H groups in total. The molecule has 0 spiro atoms. The van der Waals surface area contributed by atoms with Crippen molar-refractivity contribution in [2.24, 2.45) is 0 Å². The lowest BCUT2D eigenvalue weighted by atomic mass is 10.0. The van der Waals surface area contributed by atoms with Crippen LogP contribution in [0.4, 0.5) is 16.2 Å². The van der Waals surface area contributed by atoms with E-state index in [0.29, 0.717) is 70.8 Å². The number of nitrogens with one attached hydrogen (secondary N) is 3. The zero-order chi connectivity index (χ0) is 30.0. The van der Waals surface area contributed by atoms with Crippen molar-refractivity contribution in [3.8, 4) is 22.8 Å². The fourth-order valence-electron chi connectivity index (χ4n) is 5.08. The number of pyridine rings is 1. The van der Waals surface area contributed by atoms with Gasteiger partial charge in [-0.25, -0.2) is 4.79 Å². The SMILES string of the molecule is COc1c(Cl)cccc1Nc1c(-c2ccncc2OCC2CN(C(=O)OC(C)(C)C)CCO2)[nH]c2c1C(=O)NC(C)C2. The van der Waals surface area contributed by atoms with Gasteiger partial charge in [0.25, 0.3) is 5.91 Å². The number of hydrogen-bond donors (Lipinski definition) is 3. The van der Waals surface area contributed by atoms with Crippen LogP contribution in [-0.2, 0) is 15.9 Å². The molecule has 2 unspecified atom stereocenters. The lowest BCUT2D eigenvalue weighted by Crippen LogP contribution is -2.49. The highest BCUT2D eigenvalue weighted by atomic mass is 35.5. The quantitative estimate of drug-likeness (QED) is 0.340. The molecule has 0 bridgehead atoms. The van der Waals surface area contributed by atoms with Gasteiger partial charge < -0.3 is 39.5 Å². The summed E-state index contributed by atoms with van der Waals surface area (Å²) in [5.41, 5.74) is 3.25. The third-order valence-corrected chi connectivity index (χ3v) is 7.19. The van der Waals surface area contributed by atoms with Gasteiger partial charge in [0.15, 0.2) is 5.75 Å². The van der Waals surface area contributed by atoms with Crippen LogP contribution in [0.3, 0.4) is 0 Å². The molecule has 2 aliphatic rings. The Hall–Kier alpha value is -3.96. The van der Waals surface area contributed by atoms with Crippen molar-refractivity contribution in [2.75, 3.05) is 38.7 Å². The molecule has 42 heavy (non-hydrogen) atoms. The first kappa shape index (κ1) is 29.5. The Labute approximate surface area is 249 Å². The van der Waals surface area contributed by atoms with Crippen LogP contribution in [0.25, 0.3) is 11.3 Å². The fourth-order valence-corrected chi connectivity index (χ4v) is 5.33. The number of morpholine rings is 1. The first-order valence-electron chi connectivity index (χ1n) is 13.9. The van der Waals surface area contributed by atoms with Gasteiger partial charge in [0.05, 0.1) is 54.1 Å². The number of hydrogen-bond acceptors (Lipinski definition) is 8. The normalized spacial score (nSPS) is 18.6. The number of aromatic amines is 1. The van der Waals surface area contributed by atoms with E-state index in [1.165, 1.54) is 0 Å². The molecule has 2 amide bonds. The number of benzene rings is 1. The van der Waals surface area contributed by atoms with Gasteiger partial charge in [0.1, 0.15) is 24.1 Å². The largest absolute Gasteiger partial charge is 0.493 e. The van der Waals surface area contributed by atoms with E-state index in [4.69, 9.17) is 30.5 Å². The number of halogens is 1. The third kappa shape index (κ3) is 6.42. The van der Waals surface area contributed by atoms with E-state index in [1.54, 1.807) is 36.5 Å². The molecule has 0 aliphatic carbocycles. The summed E-state index contributed by atoms with van der Waals surface area (Å²) in [4.78, 5) is 35.2. The van der Waals surface area contributed by atoms with Crippen molar-refractivity contribution in [1.29, 1.82) is 0 Å². The van der Waals surface area contributed by atoms with Gasteiger partial charge in [-0.05, 0) is 45.9 Å². The average molecular weight is 598 g/mol. The topological polar surface area (TPSA) is 127 Å². The van der Waals surface area contributed by atoms with Crippen LogP contribution in [0.2, 0.25) is 5.02 Å². The van der Waals surface area contributed by atoms with Gasteiger partial charge in [-0.15, -0.1) is 0 Å². The summed E-state index contributed by atoms with van der Waals surface area (Å²) in [7, 11) is 1.54. The number of anilines is 2. The molecule has 2 atom stereocenters. The number of para-hydroxylation sites is 1. The van der Waals surface area contributed by atoms with Crippen LogP contribution in [0.5, 0.6) is 11.5 Å². The molecule has 1 saturated heterocycles. The number of ether oxygens (including phenoxy) is 4. The van der Waals surface area contributed by atoms with Crippen LogP contribution < -0.4 is 20.1 Å². The van der Waals surface area contributed by atoms with Gasteiger partial charge in [0.2, 0.25) is 0 Å². The predicted molar refractivity (Wildman–Crippen MR) is 159 cm³/mol. The van der Waals surface area contributed by atoms with Crippen molar-refractivity contribution >= 4 is 35.0 Å². The maximum absolute atomic E-state index is 13.2. The van der Waals surface area contributed by atoms with E-state index in [-0.39, 0.29) is 30.8 Å². The highest BCUT2D eigenvalue weighted by Crippen LogP contribution is 2.43. The number of carbonyl (C=O) groups excluding carboxylic acids is 2. The molecule has 11 nitrogen and oxygen atoms in total. The minimum Gasteiger partial charge on any atom is -0.493 e. The molecule has 2 aromatic heterocycles. The number of aromatic nitrogens is 2. The number of carbonyl (C=O) groups is 2. The Balaban J connectivity index is 1.44. The summed E-state index contributed by atoms with van der Waals surface area (Å²) in [5, 5.41) is 6.85. The Kier molecular flexibility index (Phi) is 8.51. The van der Waals surface area contributed by atoms with Crippen molar-refractivity contribution in [1.82, 2.24) is 20.2 Å². The molecular weight excluding hydrogens is 562 g/mol. The van der Waals surface area contributed by atoms with E-state index >= 15 is 0 Å². The minimum absolute atomic E-state index is 0.0328. The van der Waals surface area contributed by atoms with Crippen molar-refractivity contribution in [3.05, 3.63) is 52.9 Å². The third-order valence-electron chi connectivity index (χ3n) is 6.89. The van der Waals surface area contributed by atoms with Gasteiger partial charge in [-0.2, -0.15) is 0 Å². The molecule has 1 aromatic carbocycles. The summed E-state index contributed by atoms with van der Waals surface area (Å²) in [5.74, 6) is 0.757. The standard InChI is InChI=1S/C30H36ClN5O6/c1-17-13-22-24(28(37)33-17)26(34-21-8-6-7-20(31)27(21)39-5)25(35-22)19-9-10-32-14-23(19)41-16-18-15-36(11-12-40-18)29(38)42-30(2,3)4/h6-10,14,17-18,34-35H,11-13,15-16H2,1-5H3,(H,33,37). The van der Waals surface area contributed by atoms with E-state index < -0.39 is 5.60 Å². The number of nitrogens with zero attached hydrogens (tertiary/aromatic N) is 2. The first-order valence-corrected chi connectivity index (χ1v) is 14.2. The van der Waals surface area contributed by atoms with E-state index in [1.807, 2.05) is 39.8 Å². The number of H-pyrrole nitrogens is 1. The number of fused-ring (bicyclic) bond motifs is 1. The molecule has 3 aromatic rings. The van der Waals surface area contributed by atoms with Gasteiger partial charge in [-0.1, -0.05) is 17.7 Å². The van der Waals surface area contributed by atoms with Gasteiger partial charge >= 0.3 is 6.09 Å². The predicted octanol–water partition coefficient (Wildman–Crippen LogP) is 5.17. The van der Waals surface area contributed by atoms with Crippen LogP contribution in [0, 0.1) is 0 Å². The molecular formula is C30H36ClN5O6. The number of methoxy groups -OCH3 is 1. The monoisotopic (exact) mass is 597 g/mol. The van der Waals surface area contributed by atoms with Gasteiger partial charge in [-0.3, -0.25) is 9.78 Å². The van der Waals surface area contributed by atoms with Crippen LogP contribution in [0.1, 0.15) is 43.7 Å². The fraction of sp³-hybridized carbons (Fsp3) is 0.433. The lowest BCUT2D eigenvalue weighted by Gasteiger charge is -2.34. The van der Waals surface area contributed by atoms with E-state index in [2.05, 4.69) is 20.6 Å². The summed E-state index contributed by atoms with van der Waals surface area (Å²) < 4.78 is 23.2. The summed E-state index contributed by atoms with van der Waals surface area (Å²) >= 11 is 6.39.